The molecule has 1 unspecified atom stereocenters. The first-order valence-corrected chi connectivity index (χ1v) is 6.98. The predicted octanol–water partition coefficient (Wildman–Crippen LogP) is 3.55. The highest BCUT2D eigenvalue weighted by atomic mass is 79.9. The lowest BCUT2D eigenvalue weighted by Crippen LogP contribution is -2.27. The van der Waals surface area contributed by atoms with Crippen LogP contribution < -0.4 is 5.32 Å². The fraction of sp³-hybridized carbons (Fsp3) is 0.143. The first kappa shape index (κ1) is 14.0. The summed E-state index contributed by atoms with van der Waals surface area (Å²) in [6.07, 6.45) is 1.59. The molecular formula is C14H12BrClN2O. The van der Waals surface area contributed by atoms with Crippen LogP contribution in [0.25, 0.3) is 0 Å². The molecule has 98 valence electrons. The highest BCUT2D eigenvalue weighted by molar-refractivity contribution is 9.10. The van der Waals surface area contributed by atoms with Gasteiger partial charge in [0.1, 0.15) is 5.69 Å². The molecule has 0 bridgehead atoms. The molecule has 2 aromatic rings. The molecule has 0 spiro atoms. The van der Waals surface area contributed by atoms with Gasteiger partial charge in [-0.2, -0.15) is 0 Å². The molecule has 0 aliphatic heterocycles. The van der Waals surface area contributed by atoms with Crippen molar-refractivity contribution >= 4 is 33.4 Å². The summed E-state index contributed by atoms with van der Waals surface area (Å²) in [5, 5.41) is 2.52. The molecule has 0 saturated carbocycles. The summed E-state index contributed by atoms with van der Waals surface area (Å²) in [6.45, 7) is 0.363. The van der Waals surface area contributed by atoms with Gasteiger partial charge in [0, 0.05) is 17.2 Å². The molecule has 1 heterocycles. The molecule has 1 aromatic carbocycles. The Hall–Kier alpha value is -1.39. The van der Waals surface area contributed by atoms with Gasteiger partial charge in [-0.1, -0.05) is 30.3 Å². The van der Waals surface area contributed by atoms with E-state index in [4.69, 9.17) is 11.6 Å². The molecule has 5 heteroatoms. The number of benzene rings is 1. The maximum Gasteiger partial charge on any atom is 0.269 e. The van der Waals surface area contributed by atoms with E-state index in [0.717, 1.165) is 10.0 Å². The second-order valence-corrected chi connectivity index (χ2v) is 5.39. The first-order valence-electron chi connectivity index (χ1n) is 5.75. The summed E-state index contributed by atoms with van der Waals surface area (Å²) >= 11 is 9.49. The largest absolute Gasteiger partial charge is 0.349 e. The molecule has 3 nitrogen and oxygen atoms in total. The number of rotatable bonds is 4. The summed E-state index contributed by atoms with van der Waals surface area (Å²) in [5.41, 5.74) is 1.35. The number of carbonyl (C=O) groups excluding carboxylic acids is 1. The molecule has 0 saturated heterocycles. The smallest absolute Gasteiger partial charge is 0.269 e. The Morgan fingerprint density at radius 2 is 2.00 bits per heavy atom. The van der Waals surface area contributed by atoms with Crippen LogP contribution in [0.3, 0.4) is 0 Å². The molecule has 1 N–H and O–H groups in total. The van der Waals surface area contributed by atoms with E-state index in [2.05, 4.69) is 26.2 Å². The fourth-order valence-electron chi connectivity index (χ4n) is 1.56. The van der Waals surface area contributed by atoms with E-state index in [0.29, 0.717) is 12.2 Å². The van der Waals surface area contributed by atoms with E-state index in [-0.39, 0.29) is 11.3 Å². The quantitative estimate of drug-likeness (QED) is 0.866. The number of carbonyl (C=O) groups is 1. The van der Waals surface area contributed by atoms with E-state index in [1.165, 1.54) is 0 Å². The summed E-state index contributed by atoms with van der Waals surface area (Å²) in [4.78, 5) is 15.9. The molecular weight excluding hydrogens is 328 g/mol. The second kappa shape index (κ2) is 6.68. The van der Waals surface area contributed by atoms with Crippen LogP contribution in [0.4, 0.5) is 0 Å². The topological polar surface area (TPSA) is 42.0 Å². The van der Waals surface area contributed by atoms with E-state index in [1.54, 1.807) is 18.3 Å². The third-order valence-corrected chi connectivity index (χ3v) is 3.44. The Balaban J connectivity index is 1.92. The minimum atomic E-state index is -0.249. The van der Waals surface area contributed by atoms with Crippen molar-refractivity contribution in [1.82, 2.24) is 10.3 Å². The summed E-state index contributed by atoms with van der Waals surface area (Å²) < 4.78 is 0.837. The van der Waals surface area contributed by atoms with E-state index in [1.807, 2.05) is 30.3 Å². The number of nitrogens with one attached hydrogen (secondary N) is 1. The third kappa shape index (κ3) is 4.04. The van der Waals surface area contributed by atoms with Crippen molar-refractivity contribution in [2.75, 3.05) is 6.54 Å². The van der Waals surface area contributed by atoms with Crippen molar-refractivity contribution < 1.29 is 4.79 Å². The van der Waals surface area contributed by atoms with Gasteiger partial charge in [-0.05, 0) is 33.6 Å². The lowest BCUT2D eigenvalue weighted by Gasteiger charge is -2.10. The Kier molecular flexibility index (Phi) is 4.93. The van der Waals surface area contributed by atoms with Crippen LogP contribution in [0.5, 0.6) is 0 Å². The number of aromatic nitrogens is 1. The molecule has 0 aliphatic rings. The van der Waals surface area contributed by atoms with Gasteiger partial charge in [-0.25, -0.2) is 4.98 Å². The lowest BCUT2D eigenvalue weighted by atomic mass is 10.1. The lowest BCUT2D eigenvalue weighted by molar-refractivity contribution is 0.0948. The van der Waals surface area contributed by atoms with Crippen molar-refractivity contribution in [2.24, 2.45) is 0 Å². The van der Waals surface area contributed by atoms with Crippen molar-refractivity contribution in [3.63, 3.8) is 0 Å². The van der Waals surface area contributed by atoms with Crippen LogP contribution in [0, 0.1) is 0 Å². The van der Waals surface area contributed by atoms with E-state index in [9.17, 15) is 4.79 Å². The Bertz CT molecular complexity index is 545. The molecule has 0 radical (unpaired) electrons. The molecule has 0 aliphatic carbocycles. The van der Waals surface area contributed by atoms with Crippen LogP contribution in [-0.2, 0) is 0 Å². The van der Waals surface area contributed by atoms with Gasteiger partial charge in [0.2, 0.25) is 0 Å². The maximum atomic E-state index is 11.8. The molecule has 19 heavy (non-hydrogen) atoms. The number of hydrogen-bond donors (Lipinski definition) is 1. The highest BCUT2D eigenvalue weighted by Gasteiger charge is 2.11. The Labute approximate surface area is 125 Å². The molecule has 1 aromatic heterocycles. The van der Waals surface area contributed by atoms with Crippen LogP contribution >= 0.6 is 27.5 Å². The third-order valence-electron chi connectivity index (χ3n) is 2.56. The van der Waals surface area contributed by atoms with E-state index < -0.39 is 0 Å². The number of pyridine rings is 1. The fourth-order valence-corrected chi connectivity index (χ4v) is 2.02. The maximum absolute atomic E-state index is 11.8. The number of hydrogen-bond acceptors (Lipinski definition) is 2. The highest BCUT2D eigenvalue weighted by Crippen LogP contribution is 2.18. The normalized spacial score (nSPS) is 11.9. The number of nitrogens with zero attached hydrogens (tertiary/aromatic N) is 1. The molecule has 1 atom stereocenters. The minimum Gasteiger partial charge on any atom is -0.349 e. The number of halogens is 2. The summed E-state index contributed by atoms with van der Waals surface area (Å²) in [6, 6.07) is 13.1. The average Bonchev–Trinajstić information content (AvgIpc) is 2.46. The molecule has 1 amide bonds. The van der Waals surface area contributed by atoms with Gasteiger partial charge >= 0.3 is 0 Å². The zero-order valence-electron chi connectivity index (χ0n) is 10.0. The predicted molar refractivity (Wildman–Crippen MR) is 79.3 cm³/mol. The van der Waals surface area contributed by atoms with Gasteiger partial charge in [0.15, 0.2) is 0 Å². The van der Waals surface area contributed by atoms with Gasteiger partial charge in [-0.3, -0.25) is 4.79 Å². The zero-order chi connectivity index (χ0) is 13.7. The number of amides is 1. The SMILES string of the molecule is O=C(NCC(Cl)c1ccccc1)c1ccc(Br)cn1. The average molecular weight is 340 g/mol. The molecule has 0 fully saturated rings. The van der Waals surface area contributed by atoms with Crippen molar-refractivity contribution in [2.45, 2.75) is 5.38 Å². The van der Waals surface area contributed by atoms with Crippen LogP contribution in [-0.4, -0.2) is 17.4 Å². The standard InChI is InChI=1S/C14H12BrClN2O/c15-11-6-7-13(17-8-11)14(19)18-9-12(16)10-4-2-1-3-5-10/h1-8,12H,9H2,(H,18,19). The van der Waals surface area contributed by atoms with Gasteiger partial charge in [0.05, 0.1) is 5.38 Å². The Morgan fingerprint density at radius 1 is 1.26 bits per heavy atom. The van der Waals surface area contributed by atoms with Crippen LogP contribution in [0.15, 0.2) is 53.1 Å². The van der Waals surface area contributed by atoms with Gasteiger partial charge in [0.25, 0.3) is 5.91 Å². The van der Waals surface area contributed by atoms with Gasteiger partial charge in [-0.15, -0.1) is 11.6 Å². The summed E-state index contributed by atoms with van der Waals surface area (Å²) in [7, 11) is 0. The number of alkyl halides is 1. The minimum absolute atomic E-state index is 0.228. The van der Waals surface area contributed by atoms with Gasteiger partial charge < -0.3 is 5.32 Å². The molecule has 2 rings (SSSR count). The van der Waals surface area contributed by atoms with Crippen molar-refractivity contribution in [3.8, 4) is 0 Å². The second-order valence-electron chi connectivity index (χ2n) is 3.95. The monoisotopic (exact) mass is 338 g/mol. The van der Waals surface area contributed by atoms with E-state index >= 15 is 0 Å². The Morgan fingerprint density at radius 3 is 2.63 bits per heavy atom. The van der Waals surface area contributed by atoms with Crippen LogP contribution in [0.1, 0.15) is 21.4 Å². The zero-order valence-corrected chi connectivity index (χ0v) is 12.4. The van der Waals surface area contributed by atoms with Crippen molar-refractivity contribution in [3.05, 3.63) is 64.4 Å². The van der Waals surface area contributed by atoms with Crippen molar-refractivity contribution in [1.29, 1.82) is 0 Å². The van der Waals surface area contributed by atoms with Crippen LogP contribution in [0.2, 0.25) is 0 Å². The summed E-state index contributed by atoms with van der Waals surface area (Å²) in [5.74, 6) is -0.228. The first-order chi connectivity index (χ1) is 9.16.